The minimum atomic E-state index is -0.260. The number of benzene rings is 1. The highest BCUT2D eigenvalue weighted by Crippen LogP contribution is 2.38. The maximum Gasteiger partial charge on any atom is 0.231 e. The molecule has 0 unspecified atom stereocenters. The number of carbonyl (C=O) groups excluding carboxylic acids is 1. The van der Waals surface area contributed by atoms with Crippen molar-refractivity contribution in [2.24, 2.45) is 17.4 Å². The fraction of sp³-hybridized carbons (Fsp3) is 0.531. The summed E-state index contributed by atoms with van der Waals surface area (Å²) in [7, 11) is 1.50. The molecule has 2 rings (SSSR count). The molecule has 1 amide bonds. The van der Waals surface area contributed by atoms with Crippen LogP contribution in [0.4, 0.5) is 0 Å². The minimum absolute atomic E-state index is 0.260. The highest BCUT2D eigenvalue weighted by atomic mass is 16.1. The summed E-state index contributed by atoms with van der Waals surface area (Å²) in [5.74, 6) is 0.508. The number of hydrogen-bond donors (Lipinski definition) is 3. The summed E-state index contributed by atoms with van der Waals surface area (Å²) in [4.78, 5) is 13.5. The molecule has 0 bridgehead atoms. The lowest BCUT2D eigenvalue weighted by Crippen LogP contribution is -2.39. The first-order chi connectivity index (χ1) is 18.2. The fourth-order valence-corrected chi connectivity index (χ4v) is 5.21. The Morgan fingerprint density at radius 3 is 2.34 bits per heavy atom. The van der Waals surface area contributed by atoms with E-state index in [0.29, 0.717) is 36.1 Å². The van der Waals surface area contributed by atoms with Crippen molar-refractivity contribution >= 4 is 17.2 Å². The largest absolute Gasteiger partial charge is 0.369 e. The van der Waals surface area contributed by atoms with E-state index in [1.165, 1.54) is 34.9 Å². The van der Waals surface area contributed by atoms with E-state index in [0.717, 1.165) is 44.3 Å². The molecule has 0 aromatic heterocycles. The van der Waals surface area contributed by atoms with E-state index in [1.54, 1.807) is 0 Å². The van der Waals surface area contributed by atoms with Gasteiger partial charge in [0.1, 0.15) is 6.07 Å². The molecule has 6 heteroatoms. The molecule has 208 valence electrons. The number of amides is 1. The molecule has 6 nitrogen and oxygen atoms in total. The van der Waals surface area contributed by atoms with Gasteiger partial charge in [0.15, 0.2) is 0 Å². The topological polar surface area (TPSA) is 120 Å². The Kier molecular flexibility index (Phi) is 14.6. The number of allylic oxidation sites excluding steroid dienone is 6. The first-order valence-corrected chi connectivity index (χ1v) is 13.9. The third-order valence-electron chi connectivity index (χ3n) is 7.15. The van der Waals surface area contributed by atoms with Crippen LogP contribution in [0, 0.1) is 29.6 Å². The Morgan fingerprint density at radius 2 is 1.87 bits per heavy atom. The highest BCUT2D eigenvalue weighted by Gasteiger charge is 2.24. The maximum absolute atomic E-state index is 11.3. The van der Waals surface area contributed by atoms with Gasteiger partial charge in [0.05, 0.1) is 12.1 Å². The molecule has 1 fully saturated rings. The number of nitrogens with one attached hydrogen (secondary N) is 1. The number of piperidine rings is 1. The van der Waals surface area contributed by atoms with Gasteiger partial charge >= 0.3 is 0 Å². The van der Waals surface area contributed by atoms with Crippen LogP contribution in [0.3, 0.4) is 0 Å². The van der Waals surface area contributed by atoms with Gasteiger partial charge in [-0.25, -0.2) is 0 Å². The van der Waals surface area contributed by atoms with Crippen LogP contribution in [0.5, 0.6) is 0 Å². The van der Waals surface area contributed by atoms with Crippen molar-refractivity contribution in [2.75, 3.05) is 26.7 Å². The van der Waals surface area contributed by atoms with Gasteiger partial charge in [0.2, 0.25) is 5.91 Å². The van der Waals surface area contributed by atoms with E-state index < -0.39 is 0 Å². The Morgan fingerprint density at radius 1 is 1.24 bits per heavy atom. The van der Waals surface area contributed by atoms with Crippen LogP contribution < -0.4 is 11.5 Å². The average molecular weight is 520 g/mol. The maximum atomic E-state index is 11.3. The van der Waals surface area contributed by atoms with E-state index in [1.807, 2.05) is 19.9 Å². The van der Waals surface area contributed by atoms with Crippen LogP contribution >= 0.6 is 0 Å². The van der Waals surface area contributed by atoms with E-state index >= 15 is 0 Å². The zero-order chi connectivity index (χ0) is 28.8. The van der Waals surface area contributed by atoms with Crippen molar-refractivity contribution in [2.45, 2.75) is 79.6 Å². The molecule has 1 aliphatic rings. The van der Waals surface area contributed by atoms with Gasteiger partial charge in [-0.1, -0.05) is 58.4 Å². The molecule has 0 aliphatic carbocycles. The summed E-state index contributed by atoms with van der Waals surface area (Å²) in [6.45, 7) is 14.9. The third-order valence-corrected chi connectivity index (χ3v) is 7.15. The Balaban J connectivity index is 0.00000352. The highest BCUT2D eigenvalue weighted by molar-refractivity contribution is 6.01. The SMILES string of the molecule is C/C=C(\C=C(\C#N)C(=N)CC)C(/CCC)=C(/c1cc(C2CCN(CC(N)=O)CC2)ccc1C)C(C)C.CN. The smallest absolute Gasteiger partial charge is 0.231 e. The first kappa shape index (κ1) is 33.0. The minimum Gasteiger partial charge on any atom is -0.369 e. The summed E-state index contributed by atoms with van der Waals surface area (Å²) in [5.41, 5.74) is 18.2. The lowest BCUT2D eigenvalue weighted by molar-refractivity contribution is -0.119. The number of nitrogens with two attached hydrogens (primary N) is 2. The summed E-state index contributed by atoms with van der Waals surface area (Å²) in [6.07, 6.45) is 8.49. The van der Waals surface area contributed by atoms with Crippen molar-refractivity contribution in [1.82, 2.24) is 4.90 Å². The molecule has 0 atom stereocenters. The Bertz CT molecular complexity index is 1080. The lowest BCUT2D eigenvalue weighted by atomic mass is 9.80. The monoisotopic (exact) mass is 519 g/mol. The Hall–Kier alpha value is -3.01. The van der Waals surface area contributed by atoms with E-state index in [2.05, 4.69) is 68.7 Å². The quantitative estimate of drug-likeness (QED) is 0.181. The van der Waals surface area contributed by atoms with Crippen LogP contribution in [0.1, 0.15) is 89.3 Å². The summed E-state index contributed by atoms with van der Waals surface area (Å²) in [5, 5.41) is 17.9. The number of hydrogen-bond acceptors (Lipinski definition) is 5. The lowest BCUT2D eigenvalue weighted by Gasteiger charge is -2.32. The Labute approximate surface area is 231 Å². The second-order valence-corrected chi connectivity index (χ2v) is 10.1. The number of carbonyl (C=O) groups is 1. The standard InChI is InChI=1S/C31H44N4O.CH5N/c1-7-10-27(23(8-2)17-26(19-32)29(33)9-3)31(21(4)5)28-18-25(12-11-22(28)6)24-13-15-35(16-14-24)20-30(34)36;1-2/h8,11-12,17-18,21,24,33H,7,9-10,13-16,20H2,1-6H3,(H2,34,36);2H2,1H3/b23-8+,26-17-,31-27+,33-29?;. The number of rotatable bonds is 11. The molecule has 1 saturated heterocycles. The fourth-order valence-electron chi connectivity index (χ4n) is 5.21. The number of aryl methyl sites for hydroxylation is 1. The first-order valence-electron chi connectivity index (χ1n) is 13.9. The molecule has 1 heterocycles. The van der Waals surface area contributed by atoms with Crippen molar-refractivity contribution < 1.29 is 4.79 Å². The molecule has 0 saturated carbocycles. The van der Waals surface area contributed by atoms with Crippen molar-refractivity contribution in [1.29, 1.82) is 10.7 Å². The number of primary amides is 1. The van der Waals surface area contributed by atoms with E-state index in [4.69, 9.17) is 11.1 Å². The number of nitrogens with zero attached hydrogens (tertiary/aromatic N) is 2. The molecule has 0 radical (unpaired) electrons. The molecular formula is C32H49N5O. The van der Waals surface area contributed by atoms with Crippen molar-refractivity contribution in [3.05, 3.63) is 63.8 Å². The van der Waals surface area contributed by atoms with Crippen LogP contribution in [0.25, 0.3) is 5.57 Å². The normalized spacial score (nSPS) is 15.9. The molecule has 0 spiro atoms. The van der Waals surface area contributed by atoms with E-state index in [-0.39, 0.29) is 5.91 Å². The number of likely N-dealkylation sites (tertiary alicyclic amines) is 1. The third kappa shape index (κ3) is 9.08. The molecule has 1 aromatic rings. The van der Waals surface area contributed by atoms with Gasteiger partial charge in [-0.3, -0.25) is 9.69 Å². The van der Waals surface area contributed by atoms with Gasteiger partial charge in [-0.15, -0.1) is 0 Å². The summed E-state index contributed by atoms with van der Waals surface area (Å²) in [6, 6.07) is 9.12. The van der Waals surface area contributed by atoms with Gasteiger partial charge < -0.3 is 16.9 Å². The summed E-state index contributed by atoms with van der Waals surface area (Å²) >= 11 is 0. The average Bonchev–Trinajstić information content (AvgIpc) is 2.91. The van der Waals surface area contributed by atoms with Gasteiger partial charge in [-0.2, -0.15) is 5.26 Å². The second-order valence-electron chi connectivity index (χ2n) is 10.1. The molecular weight excluding hydrogens is 470 g/mol. The second kappa shape index (κ2) is 16.8. The summed E-state index contributed by atoms with van der Waals surface area (Å²) < 4.78 is 0. The van der Waals surface area contributed by atoms with Crippen LogP contribution in [0.2, 0.25) is 0 Å². The van der Waals surface area contributed by atoms with Crippen LogP contribution in [-0.4, -0.2) is 43.2 Å². The van der Waals surface area contributed by atoms with Crippen LogP contribution in [0.15, 0.2) is 47.1 Å². The zero-order valence-electron chi connectivity index (χ0n) is 24.7. The number of nitriles is 1. The molecule has 1 aliphatic heterocycles. The van der Waals surface area contributed by atoms with E-state index in [9.17, 15) is 10.1 Å². The van der Waals surface area contributed by atoms with Gasteiger partial charge in [0, 0.05) is 5.71 Å². The van der Waals surface area contributed by atoms with Crippen molar-refractivity contribution in [3.8, 4) is 6.07 Å². The van der Waals surface area contributed by atoms with Crippen molar-refractivity contribution in [3.63, 3.8) is 0 Å². The predicted molar refractivity (Wildman–Crippen MR) is 161 cm³/mol. The van der Waals surface area contributed by atoms with Gasteiger partial charge in [-0.05, 0) is 111 Å². The van der Waals surface area contributed by atoms with Crippen LogP contribution in [-0.2, 0) is 4.79 Å². The molecule has 5 N–H and O–H groups in total. The predicted octanol–water partition coefficient (Wildman–Crippen LogP) is 6.27. The zero-order valence-corrected chi connectivity index (χ0v) is 24.7. The molecule has 1 aromatic carbocycles. The molecule has 38 heavy (non-hydrogen) atoms. The van der Waals surface area contributed by atoms with Gasteiger partial charge in [0.25, 0.3) is 0 Å².